The van der Waals surface area contributed by atoms with Gasteiger partial charge in [-0.2, -0.15) is 0 Å². The van der Waals surface area contributed by atoms with E-state index in [1.807, 2.05) is 0 Å². The summed E-state index contributed by atoms with van der Waals surface area (Å²) in [7, 11) is 1.71. The third-order valence-electron chi connectivity index (χ3n) is 1.58. The Morgan fingerprint density at radius 2 is 2.62 bits per heavy atom. The Morgan fingerprint density at radius 3 is 3.15 bits per heavy atom. The van der Waals surface area contributed by atoms with Crippen LogP contribution in [0.3, 0.4) is 0 Å². The van der Waals surface area contributed by atoms with Crippen molar-refractivity contribution < 1.29 is 4.79 Å². The van der Waals surface area contributed by atoms with E-state index in [0.29, 0.717) is 18.1 Å². The number of imidazole rings is 1. The van der Waals surface area contributed by atoms with Crippen LogP contribution in [0.2, 0.25) is 0 Å². The van der Waals surface area contributed by atoms with Gasteiger partial charge in [0.15, 0.2) is 11.5 Å². The quantitative estimate of drug-likeness (QED) is 0.646. The summed E-state index contributed by atoms with van der Waals surface area (Å²) in [4.78, 5) is 14.9. The maximum Gasteiger partial charge on any atom is 0.269 e. The largest absolute Gasteiger partial charge is 0.365 e. The maximum absolute atomic E-state index is 11.0. The summed E-state index contributed by atoms with van der Waals surface area (Å²) in [6.07, 6.45) is 3.21. The zero-order valence-electron chi connectivity index (χ0n) is 7.45. The van der Waals surface area contributed by atoms with E-state index in [0.717, 1.165) is 0 Å². The van der Waals surface area contributed by atoms with Crippen LogP contribution in [-0.4, -0.2) is 22.0 Å². The number of primary amides is 1. The molecular formula is C8H12N4O. The fourth-order valence-corrected chi connectivity index (χ4v) is 1.02. The van der Waals surface area contributed by atoms with Gasteiger partial charge < -0.3 is 15.6 Å². The van der Waals surface area contributed by atoms with E-state index in [4.69, 9.17) is 5.73 Å². The molecule has 0 bridgehead atoms. The number of amides is 1. The first-order valence-electron chi connectivity index (χ1n) is 3.82. The van der Waals surface area contributed by atoms with Crippen molar-refractivity contribution in [3.63, 3.8) is 0 Å². The van der Waals surface area contributed by atoms with Gasteiger partial charge in [-0.3, -0.25) is 4.79 Å². The Kier molecular flexibility index (Phi) is 2.69. The second kappa shape index (κ2) is 3.75. The molecule has 1 amide bonds. The zero-order chi connectivity index (χ0) is 9.84. The summed E-state index contributed by atoms with van der Waals surface area (Å²) in [5, 5.41) is 2.91. The standard InChI is InChI=1S/C8H12N4O/c1-3-4-10-8-6(7(9)13)12(2)5-11-8/h3,5,10H,1,4H2,2H3,(H2,9,13). The van der Waals surface area contributed by atoms with Crippen LogP contribution in [0.15, 0.2) is 19.0 Å². The van der Waals surface area contributed by atoms with E-state index >= 15 is 0 Å². The van der Waals surface area contributed by atoms with Gasteiger partial charge in [-0.25, -0.2) is 4.98 Å². The summed E-state index contributed by atoms with van der Waals surface area (Å²) < 4.78 is 1.58. The highest BCUT2D eigenvalue weighted by molar-refractivity contribution is 5.95. The van der Waals surface area contributed by atoms with Crippen LogP contribution in [-0.2, 0) is 7.05 Å². The molecular weight excluding hydrogens is 168 g/mol. The number of nitrogens with two attached hydrogens (primary N) is 1. The molecule has 0 unspecified atom stereocenters. The van der Waals surface area contributed by atoms with Crippen LogP contribution in [0.25, 0.3) is 0 Å². The first-order chi connectivity index (χ1) is 6.16. The molecule has 1 heterocycles. The Hall–Kier alpha value is -1.78. The lowest BCUT2D eigenvalue weighted by molar-refractivity contribution is 0.0993. The van der Waals surface area contributed by atoms with E-state index in [1.165, 1.54) is 6.33 Å². The lowest BCUT2D eigenvalue weighted by Gasteiger charge is -2.02. The molecule has 13 heavy (non-hydrogen) atoms. The highest BCUT2D eigenvalue weighted by atomic mass is 16.1. The smallest absolute Gasteiger partial charge is 0.269 e. The number of carbonyl (C=O) groups is 1. The van der Waals surface area contributed by atoms with Crippen molar-refractivity contribution in [3.05, 3.63) is 24.7 Å². The number of aromatic nitrogens is 2. The molecule has 0 aliphatic rings. The lowest BCUT2D eigenvalue weighted by atomic mass is 10.4. The average Bonchev–Trinajstić information content (AvgIpc) is 2.43. The highest BCUT2D eigenvalue weighted by Gasteiger charge is 2.12. The molecule has 5 nitrogen and oxygen atoms in total. The summed E-state index contributed by atoms with van der Waals surface area (Å²) >= 11 is 0. The predicted octanol–water partition coefficient (Wildman–Crippen LogP) is 0.117. The van der Waals surface area contributed by atoms with Gasteiger partial charge in [0, 0.05) is 13.6 Å². The van der Waals surface area contributed by atoms with Gasteiger partial charge in [0.1, 0.15) is 0 Å². The van der Waals surface area contributed by atoms with Crippen molar-refractivity contribution in [2.24, 2.45) is 12.8 Å². The number of aryl methyl sites for hydroxylation is 1. The van der Waals surface area contributed by atoms with E-state index in [1.54, 1.807) is 17.7 Å². The minimum atomic E-state index is -0.494. The molecule has 5 heteroatoms. The molecule has 0 fully saturated rings. The second-order valence-corrected chi connectivity index (χ2v) is 2.59. The van der Waals surface area contributed by atoms with Crippen LogP contribution in [0.1, 0.15) is 10.5 Å². The monoisotopic (exact) mass is 180 g/mol. The fraction of sp³-hybridized carbons (Fsp3) is 0.250. The molecule has 0 aromatic carbocycles. The molecule has 0 aliphatic carbocycles. The summed E-state index contributed by atoms with van der Waals surface area (Å²) in [6.45, 7) is 4.10. The van der Waals surface area contributed by atoms with Crippen molar-refractivity contribution >= 4 is 11.7 Å². The number of rotatable bonds is 4. The minimum absolute atomic E-state index is 0.377. The van der Waals surface area contributed by atoms with Gasteiger partial charge in [-0.15, -0.1) is 6.58 Å². The highest BCUT2D eigenvalue weighted by Crippen LogP contribution is 2.10. The average molecular weight is 180 g/mol. The molecule has 0 saturated heterocycles. The normalized spacial score (nSPS) is 9.62. The van der Waals surface area contributed by atoms with Crippen LogP contribution >= 0.6 is 0 Å². The van der Waals surface area contributed by atoms with Gasteiger partial charge in [0.2, 0.25) is 0 Å². The zero-order valence-corrected chi connectivity index (χ0v) is 7.45. The first kappa shape index (κ1) is 9.31. The number of nitrogens with zero attached hydrogens (tertiary/aromatic N) is 2. The van der Waals surface area contributed by atoms with Crippen molar-refractivity contribution in [1.82, 2.24) is 9.55 Å². The Labute approximate surface area is 76.3 Å². The predicted molar refractivity (Wildman–Crippen MR) is 50.4 cm³/mol. The van der Waals surface area contributed by atoms with Crippen LogP contribution in [0, 0.1) is 0 Å². The molecule has 1 aromatic heterocycles. The Bertz CT molecular complexity index is 329. The Balaban J connectivity index is 2.93. The van der Waals surface area contributed by atoms with Crippen molar-refractivity contribution in [2.45, 2.75) is 0 Å². The van der Waals surface area contributed by atoms with Crippen LogP contribution in [0.4, 0.5) is 5.82 Å². The third-order valence-corrected chi connectivity index (χ3v) is 1.58. The van der Waals surface area contributed by atoms with Gasteiger partial charge in [-0.05, 0) is 0 Å². The SMILES string of the molecule is C=CCNc1ncn(C)c1C(N)=O. The topological polar surface area (TPSA) is 72.9 Å². The maximum atomic E-state index is 11.0. The summed E-state index contributed by atoms with van der Waals surface area (Å²) in [6, 6.07) is 0. The number of hydrogen-bond acceptors (Lipinski definition) is 3. The van der Waals surface area contributed by atoms with Gasteiger partial charge >= 0.3 is 0 Å². The molecule has 0 saturated carbocycles. The van der Waals surface area contributed by atoms with Crippen molar-refractivity contribution in [3.8, 4) is 0 Å². The van der Waals surface area contributed by atoms with Gasteiger partial charge in [0.25, 0.3) is 5.91 Å². The van der Waals surface area contributed by atoms with E-state index < -0.39 is 5.91 Å². The molecule has 1 rings (SSSR count). The van der Waals surface area contributed by atoms with E-state index in [9.17, 15) is 4.79 Å². The molecule has 70 valence electrons. The molecule has 0 atom stereocenters. The van der Waals surface area contributed by atoms with E-state index in [2.05, 4.69) is 16.9 Å². The number of nitrogens with one attached hydrogen (secondary N) is 1. The van der Waals surface area contributed by atoms with Crippen molar-refractivity contribution in [1.29, 1.82) is 0 Å². The fourth-order valence-electron chi connectivity index (χ4n) is 1.02. The van der Waals surface area contributed by atoms with Gasteiger partial charge in [-0.1, -0.05) is 6.08 Å². The molecule has 0 radical (unpaired) electrons. The van der Waals surface area contributed by atoms with Gasteiger partial charge in [0.05, 0.1) is 6.33 Å². The second-order valence-electron chi connectivity index (χ2n) is 2.59. The Morgan fingerprint density at radius 1 is 1.92 bits per heavy atom. The third kappa shape index (κ3) is 1.87. The number of hydrogen-bond donors (Lipinski definition) is 2. The number of carbonyl (C=O) groups excluding carboxylic acids is 1. The first-order valence-corrected chi connectivity index (χ1v) is 3.82. The molecule has 1 aromatic rings. The lowest BCUT2D eigenvalue weighted by Crippen LogP contribution is -2.17. The number of anilines is 1. The van der Waals surface area contributed by atoms with Crippen molar-refractivity contribution in [2.75, 3.05) is 11.9 Å². The summed E-state index contributed by atoms with van der Waals surface area (Å²) in [5.41, 5.74) is 5.54. The minimum Gasteiger partial charge on any atom is -0.365 e. The molecule has 3 N–H and O–H groups in total. The molecule has 0 aliphatic heterocycles. The summed E-state index contributed by atoms with van der Waals surface area (Å²) in [5.74, 6) is 0.00135. The van der Waals surface area contributed by atoms with E-state index in [-0.39, 0.29) is 0 Å². The van der Waals surface area contributed by atoms with Crippen LogP contribution in [0.5, 0.6) is 0 Å². The molecule has 0 spiro atoms. The van der Waals surface area contributed by atoms with Crippen LogP contribution < -0.4 is 11.1 Å².